The minimum atomic E-state index is -0.200. The molecule has 0 aliphatic heterocycles. The Labute approximate surface area is 162 Å². The Morgan fingerprint density at radius 3 is 2.50 bits per heavy atom. The molecule has 0 saturated heterocycles. The van der Waals surface area contributed by atoms with Crippen molar-refractivity contribution in [3.05, 3.63) is 79.5 Å². The van der Waals surface area contributed by atoms with Gasteiger partial charge >= 0.3 is 0 Å². The van der Waals surface area contributed by atoms with E-state index in [-0.39, 0.29) is 5.91 Å². The predicted octanol–water partition coefficient (Wildman–Crippen LogP) is 5.10. The topological polar surface area (TPSA) is 46.9 Å². The van der Waals surface area contributed by atoms with Gasteiger partial charge in [-0.2, -0.15) is 5.10 Å². The van der Waals surface area contributed by atoms with Gasteiger partial charge < -0.3 is 5.32 Å². The van der Waals surface area contributed by atoms with Crippen LogP contribution in [0.4, 0.5) is 5.82 Å². The van der Waals surface area contributed by atoms with Gasteiger partial charge in [0.2, 0.25) is 0 Å². The Bertz CT molecular complexity index is 878. The number of anilines is 1. The Kier molecular flexibility index (Phi) is 5.43. The number of nitrogens with one attached hydrogen (secondary N) is 1. The van der Waals surface area contributed by atoms with E-state index < -0.39 is 0 Å². The number of aromatic nitrogens is 2. The van der Waals surface area contributed by atoms with Crippen molar-refractivity contribution < 1.29 is 4.79 Å². The van der Waals surface area contributed by atoms with Gasteiger partial charge in [-0.3, -0.25) is 4.79 Å². The number of hydrogen-bond acceptors (Lipinski definition) is 2. The summed E-state index contributed by atoms with van der Waals surface area (Å²) in [5.74, 6) is 0.426. The van der Waals surface area contributed by atoms with Crippen molar-refractivity contribution in [2.45, 2.75) is 6.54 Å². The molecule has 2 aromatic carbocycles. The van der Waals surface area contributed by atoms with Crippen molar-refractivity contribution in [2.24, 2.45) is 0 Å². The Balaban J connectivity index is 1.77. The number of nitrogens with zero attached hydrogens (tertiary/aromatic N) is 2. The molecular formula is C17H12Cl2IN3O. The van der Waals surface area contributed by atoms with Gasteiger partial charge in [-0.1, -0.05) is 35.3 Å². The molecule has 1 aromatic heterocycles. The second kappa shape index (κ2) is 7.55. The van der Waals surface area contributed by atoms with Crippen molar-refractivity contribution >= 4 is 57.5 Å². The van der Waals surface area contributed by atoms with Crippen LogP contribution < -0.4 is 5.32 Å². The fourth-order valence-electron chi connectivity index (χ4n) is 2.18. The van der Waals surface area contributed by atoms with Crippen molar-refractivity contribution in [2.75, 3.05) is 5.32 Å². The molecule has 0 saturated carbocycles. The lowest BCUT2D eigenvalue weighted by Gasteiger charge is -2.10. The molecule has 0 atom stereocenters. The maximum atomic E-state index is 12.5. The number of hydrogen-bond donors (Lipinski definition) is 1. The standard InChI is InChI=1S/C17H12Cl2IN3O/c18-12-3-1-11(2-4-12)10-23-16(7-8-21-23)22-17(24)14-6-5-13(19)9-15(14)20/h1-9H,10H2,(H,22,24). The molecule has 0 radical (unpaired) electrons. The fraction of sp³-hybridized carbons (Fsp3) is 0.0588. The van der Waals surface area contributed by atoms with E-state index in [0.717, 1.165) is 9.13 Å². The molecule has 3 aromatic rings. The second-order valence-corrected chi connectivity index (χ2v) is 7.11. The average molecular weight is 472 g/mol. The van der Waals surface area contributed by atoms with Crippen molar-refractivity contribution in [3.8, 4) is 0 Å². The molecule has 4 nitrogen and oxygen atoms in total. The maximum Gasteiger partial charge on any atom is 0.257 e. The van der Waals surface area contributed by atoms with Crippen LogP contribution in [-0.4, -0.2) is 15.7 Å². The molecule has 0 aliphatic carbocycles. The minimum Gasteiger partial charge on any atom is -0.307 e. The molecule has 0 aliphatic rings. The van der Waals surface area contributed by atoms with Gasteiger partial charge in [0.05, 0.1) is 18.3 Å². The maximum absolute atomic E-state index is 12.5. The summed E-state index contributed by atoms with van der Waals surface area (Å²) in [6.45, 7) is 0.539. The first-order valence-corrected chi connectivity index (χ1v) is 8.89. The summed E-state index contributed by atoms with van der Waals surface area (Å²) in [7, 11) is 0. The Morgan fingerprint density at radius 2 is 1.79 bits per heavy atom. The van der Waals surface area contributed by atoms with E-state index in [0.29, 0.717) is 28.0 Å². The van der Waals surface area contributed by atoms with Gasteiger partial charge in [0.15, 0.2) is 0 Å². The van der Waals surface area contributed by atoms with Gasteiger partial charge in [0.25, 0.3) is 5.91 Å². The molecule has 0 unspecified atom stereocenters. The van der Waals surface area contributed by atoms with Crippen LogP contribution in [0, 0.1) is 3.57 Å². The molecule has 122 valence electrons. The molecule has 3 rings (SSSR count). The normalized spacial score (nSPS) is 10.6. The van der Waals surface area contributed by atoms with Crippen LogP contribution in [0.1, 0.15) is 15.9 Å². The lowest BCUT2D eigenvalue weighted by atomic mass is 10.2. The lowest BCUT2D eigenvalue weighted by molar-refractivity contribution is 0.102. The van der Waals surface area contributed by atoms with E-state index in [4.69, 9.17) is 23.2 Å². The number of amides is 1. The summed E-state index contributed by atoms with van der Waals surface area (Å²) >= 11 is 13.9. The quantitative estimate of drug-likeness (QED) is 0.538. The predicted molar refractivity (Wildman–Crippen MR) is 105 cm³/mol. The summed E-state index contributed by atoms with van der Waals surface area (Å²) in [5.41, 5.74) is 1.61. The van der Waals surface area contributed by atoms with Crippen molar-refractivity contribution in [3.63, 3.8) is 0 Å². The molecule has 0 spiro atoms. The van der Waals surface area contributed by atoms with Gasteiger partial charge in [-0.05, 0) is 58.5 Å². The minimum absolute atomic E-state index is 0.200. The van der Waals surface area contributed by atoms with Gasteiger partial charge in [0.1, 0.15) is 5.82 Å². The summed E-state index contributed by atoms with van der Waals surface area (Å²) < 4.78 is 2.52. The number of benzene rings is 2. The van der Waals surface area contributed by atoms with E-state index in [9.17, 15) is 4.79 Å². The highest BCUT2D eigenvalue weighted by molar-refractivity contribution is 14.1. The number of rotatable bonds is 4. The van der Waals surface area contributed by atoms with Crippen LogP contribution in [-0.2, 0) is 6.54 Å². The Morgan fingerprint density at radius 1 is 1.08 bits per heavy atom. The number of carbonyl (C=O) groups excluding carboxylic acids is 1. The summed E-state index contributed by atoms with van der Waals surface area (Å²) in [6, 6.07) is 14.4. The number of halogens is 3. The molecule has 0 bridgehead atoms. The van der Waals surface area contributed by atoms with Gasteiger partial charge in [-0.25, -0.2) is 4.68 Å². The highest BCUT2D eigenvalue weighted by Crippen LogP contribution is 2.20. The van der Waals surface area contributed by atoms with E-state index in [1.54, 1.807) is 35.1 Å². The summed E-state index contributed by atoms with van der Waals surface area (Å²) in [5, 5.41) is 8.44. The molecular weight excluding hydrogens is 460 g/mol. The van der Waals surface area contributed by atoms with Crippen LogP contribution in [0.25, 0.3) is 0 Å². The molecule has 7 heteroatoms. The van der Waals surface area contributed by atoms with Gasteiger partial charge in [-0.15, -0.1) is 0 Å². The van der Waals surface area contributed by atoms with Crippen LogP contribution >= 0.6 is 45.8 Å². The molecule has 1 amide bonds. The zero-order chi connectivity index (χ0) is 17.1. The first-order chi connectivity index (χ1) is 11.5. The monoisotopic (exact) mass is 471 g/mol. The average Bonchev–Trinajstić information content (AvgIpc) is 2.96. The van der Waals surface area contributed by atoms with Gasteiger partial charge in [0, 0.05) is 19.7 Å². The molecule has 1 heterocycles. The molecule has 0 fully saturated rings. The molecule has 1 N–H and O–H groups in total. The van der Waals surface area contributed by atoms with E-state index in [1.165, 1.54) is 0 Å². The fourth-order valence-corrected chi connectivity index (χ4v) is 3.43. The zero-order valence-electron chi connectivity index (χ0n) is 12.3. The third kappa shape index (κ3) is 4.09. The highest BCUT2D eigenvalue weighted by atomic mass is 127. The lowest BCUT2D eigenvalue weighted by Crippen LogP contribution is -2.17. The first kappa shape index (κ1) is 17.3. The highest BCUT2D eigenvalue weighted by Gasteiger charge is 2.13. The summed E-state index contributed by atoms with van der Waals surface area (Å²) in [6.07, 6.45) is 1.65. The smallest absolute Gasteiger partial charge is 0.257 e. The van der Waals surface area contributed by atoms with E-state index in [1.807, 2.05) is 24.3 Å². The third-order valence-corrected chi connectivity index (χ3v) is 4.76. The van der Waals surface area contributed by atoms with Crippen LogP contribution in [0.15, 0.2) is 54.7 Å². The zero-order valence-corrected chi connectivity index (χ0v) is 16.0. The SMILES string of the molecule is O=C(Nc1ccnn1Cc1ccc(Cl)cc1)c1ccc(Cl)cc1I. The second-order valence-electron chi connectivity index (χ2n) is 5.08. The van der Waals surface area contributed by atoms with Crippen molar-refractivity contribution in [1.29, 1.82) is 0 Å². The Hall–Kier alpha value is -1.57. The third-order valence-electron chi connectivity index (χ3n) is 3.38. The number of carbonyl (C=O) groups is 1. The van der Waals surface area contributed by atoms with Crippen LogP contribution in [0.2, 0.25) is 10.0 Å². The molecule has 24 heavy (non-hydrogen) atoms. The van der Waals surface area contributed by atoms with Crippen LogP contribution in [0.3, 0.4) is 0 Å². The first-order valence-electron chi connectivity index (χ1n) is 7.05. The summed E-state index contributed by atoms with van der Waals surface area (Å²) in [4.78, 5) is 12.5. The van der Waals surface area contributed by atoms with E-state index >= 15 is 0 Å². The largest absolute Gasteiger partial charge is 0.307 e. The van der Waals surface area contributed by atoms with Crippen molar-refractivity contribution in [1.82, 2.24) is 9.78 Å². The van der Waals surface area contributed by atoms with Crippen LogP contribution in [0.5, 0.6) is 0 Å². The van der Waals surface area contributed by atoms with E-state index in [2.05, 4.69) is 33.0 Å².